The van der Waals surface area contributed by atoms with Crippen molar-refractivity contribution in [3.8, 4) is 0 Å². The minimum absolute atomic E-state index is 0.160. The van der Waals surface area contributed by atoms with Gasteiger partial charge in [0.05, 0.1) is 16.1 Å². The van der Waals surface area contributed by atoms with Crippen LogP contribution >= 0.6 is 23.1 Å². The van der Waals surface area contributed by atoms with E-state index in [4.69, 9.17) is 0 Å². The van der Waals surface area contributed by atoms with Gasteiger partial charge in [-0.25, -0.2) is 13.4 Å². The molecule has 2 aromatic rings. The van der Waals surface area contributed by atoms with Gasteiger partial charge in [-0.3, -0.25) is 0 Å². The van der Waals surface area contributed by atoms with Gasteiger partial charge in [0, 0.05) is 5.25 Å². The number of rotatable bonds is 5. The van der Waals surface area contributed by atoms with Gasteiger partial charge < -0.3 is 0 Å². The quantitative estimate of drug-likeness (QED) is 0.844. The van der Waals surface area contributed by atoms with Gasteiger partial charge in [-0.05, 0) is 25.0 Å². The fourth-order valence-corrected chi connectivity index (χ4v) is 6.21. The molecule has 0 amide bonds. The highest BCUT2D eigenvalue weighted by Crippen LogP contribution is 2.28. The highest BCUT2D eigenvalue weighted by Gasteiger charge is 2.20. The first kappa shape index (κ1) is 15.3. The molecule has 0 saturated heterocycles. The van der Waals surface area contributed by atoms with Crippen molar-refractivity contribution < 1.29 is 8.42 Å². The van der Waals surface area contributed by atoms with Crippen LogP contribution in [0.5, 0.6) is 0 Å². The van der Waals surface area contributed by atoms with E-state index in [2.05, 4.69) is 9.71 Å². The SMILES string of the molecule is O=S(=O)(NCSC1CCCCC1)c1nc2ccccc2s1. The molecule has 21 heavy (non-hydrogen) atoms. The van der Waals surface area contributed by atoms with Crippen LogP contribution in [0.4, 0.5) is 0 Å². The van der Waals surface area contributed by atoms with E-state index in [0.29, 0.717) is 11.1 Å². The van der Waals surface area contributed by atoms with Gasteiger partial charge in [0.25, 0.3) is 10.0 Å². The van der Waals surface area contributed by atoms with Crippen molar-refractivity contribution in [3.05, 3.63) is 24.3 Å². The number of benzene rings is 1. The summed E-state index contributed by atoms with van der Waals surface area (Å²) in [7, 11) is -3.49. The molecular weight excluding hydrogens is 324 g/mol. The van der Waals surface area contributed by atoms with Crippen LogP contribution in [-0.4, -0.2) is 24.5 Å². The normalized spacial score (nSPS) is 17.3. The molecule has 0 radical (unpaired) electrons. The Labute approximate surface area is 133 Å². The Morgan fingerprint density at radius 1 is 1.24 bits per heavy atom. The lowest BCUT2D eigenvalue weighted by Crippen LogP contribution is -2.24. The monoisotopic (exact) mass is 342 g/mol. The van der Waals surface area contributed by atoms with Gasteiger partial charge >= 0.3 is 0 Å². The number of fused-ring (bicyclic) bond motifs is 1. The van der Waals surface area contributed by atoms with E-state index >= 15 is 0 Å². The van der Waals surface area contributed by atoms with E-state index in [-0.39, 0.29) is 4.34 Å². The number of sulfonamides is 1. The average Bonchev–Trinajstić information content (AvgIpc) is 2.93. The highest BCUT2D eigenvalue weighted by atomic mass is 32.2. The fourth-order valence-electron chi connectivity index (χ4n) is 2.49. The topological polar surface area (TPSA) is 59.1 Å². The zero-order valence-corrected chi connectivity index (χ0v) is 14.1. The van der Waals surface area contributed by atoms with Crippen LogP contribution in [-0.2, 0) is 10.0 Å². The summed E-state index contributed by atoms with van der Waals surface area (Å²) in [4.78, 5) is 4.21. The Morgan fingerprint density at radius 2 is 2.00 bits per heavy atom. The molecule has 0 bridgehead atoms. The second kappa shape index (κ2) is 6.64. The largest absolute Gasteiger partial charge is 0.268 e. The molecule has 3 rings (SSSR count). The van der Waals surface area contributed by atoms with E-state index < -0.39 is 10.0 Å². The summed E-state index contributed by atoms with van der Waals surface area (Å²) in [5.74, 6) is 0.433. The lowest BCUT2D eigenvalue weighted by Gasteiger charge is -2.20. The van der Waals surface area contributed by atoms with Crippen molar-refractivity contribution in [2.24, 2.45) is 0 Å². The first-order chi connectivity index (χ1) is 10.1. The minimum Gasteiger partial charge on any atom is -0.224 e. The van der Waals surface area contributed by atoms with Gasteiger partial charge in [-0.15, -0.1) is 23.1 Å². The predicted octanol–water partition coefficient (Wildman–Crippen LogP) is 3.60. The van der Waals surface area contributed by atoms with Crippen LogP contribution < -0.4 is 4.72 Å². The number of nitrogens with zero attached hydrogens (tertiary/aromatic N) is 1. The summed E-state index contributed by atoms with van der Waals surface area (Å²) in [5.41, 5.74) is 0.739. The van der Waals surface area contributed by atoms with Crippen molar-refractivity contribution in [2.45, 2.75) is 41.7 Å². The van der Waals surface area contributed by atoms with Crippen LogP contribution in [0.1, 0.15) is 32.1 Å². The zero-order valence-electron chi connectivity index (χ0n) is 11.6. The molecule has 1 heterocycles. The molecule has 1 fully saturated rings. The summed E-state index contributed by atoms with van der Waals surface area (Å²) >= 11 is 2.93. The number of hydrogen-bond donors (Lipinski definition) is 1. The van der Waals surface area contributed by atoms with Crippen molar-refractivity contribution in [3.63, 3.8) is 0 Å². The second-order valence-electron chi connectivity index (χ2n) is 5.17. The van der Waals surface area contributed by atoms with Crippen LogP contribution in [0.25, 0.3) is 10.2 Å². The predicted molar refractivity (Wildman–Crippen MR) is 89.3 cm³/mol. The second-order valence-corrected chi connectivity index (χ2v) is 9.43. The Morgan fingerprint density at radius 3 is 2.76 bits per heavy atom. The molecule has 0 aliphatic heterocycles. The third kappa shape index (κ3) is 3.77. The third-order valence-corrected chi connectivity index (χ3v) is 7.88. The third-order valence-electron chi connectivity index (χ3n) is 3.62. The molecule has 1 aromatic heterocycles. The average molecular weight is 343 g/mol. The molecule has 0 unspecified atom stereocenters. The van der Waals surface area contributed by atoms with Crippen LogP contribution in [0.15, 0.2) is 28.6 Å². The van der Waals surface area contributed by atoms with Gasteiger partial charge in [0.15, 0.2) is 0 Å². The van der Waals surface area contributed by atoms with E-state index in [0.717, 1.165) is 10.2 Å². The Hall–Kier alpha value is -0.630. The number of para-hydroxylation sites is 1. The molecule has 1 aliphatic carbocycles. The van der Waals surface area contributed by atoms with Crippen LogP contribution in [0, 0.1) is 0 Å². The molecule has 0 spiro atoms. The van der Waals surface area contributed by atoms with Gasteiger partial charge in [-0.2, -0.15) is 4.72 Å². The Kier molecular flexibility index (Phi) is 4.83. The molecule has 114 valence electrons. The lowest BCUT2D eigenvalue weighted by atomic mass is 10.0. The number of aromatic nitrogens is 1. The lowest BCUT2D eigenvalue weighted by molar-refractivity contribution is 0.516. The summed E-state index contributed by atoms with van der Waals surface area (Å²) in [6.45, 7) is 0. The van der Waals surface area contributed by atoms with E-state index in [1.807, 2.05) is 24.3 Å². The maximum absolute atomic E-state index is 12.3. The molecule has 4 nitrogen and oxygen atoms in total. The first-order valence-electron chi connectivity index (χ1n) is 7.12. The molecule has 0 atom stereocenters. The highest BCUT2D eigenvalue weighted by molar-refractivity contribution is 8.01. The summed E-state index contributed by atoms with van der Waals surface area (Å²) < 4.78 is 28.3. The van der Waals surface area contributed by atoms with E-state index in [1.165, 1.54) is 43.4 Å². The van der Waals surface area contributed by atoms with Crippen molar-refractivity contribution >= 4 is 43.3 Å². The number of thioether (sulfide) groups is 1. The first-order valence-corrected chi connectivity index (χ1v) is 10.5. The van der Waals surface area contributed by atoms with Crippen molar-refractivity contribution in [1.82, 2.24) is 9.71 Å². The molecule has 1 saturated carbocycles. The van der Waals surface area contributed by atoms with Gasteiger partial charge in [-0.1, -0.05) is 31.4 Å². The minimum atomic E-state index is -3.49. The van der Waals surface area contributed by atoms with E-state index in [9.17, 15) is 8.42 Å². The number of hydrogen-bond acceptors (Lipinski definition) is 5. The van der Waals surface area contributed by atoms with E-state index in [1.54, 1.807) is 11.8 Å². The van der Waals surface area contributed by atoms with Crippen LogP contribution in [0.2, 0.25) is 0 Å². The number of thiazole rings is 1. The molecule has 1 N–H and O–H groups in total. The summed E-state index contributed by atoms with van der Waals surface area (Å²) in [6, 6.07) is 7.48. The van der Waals surface area contributed by atoms with Gasteiger partial charge in [0.1, 0.15) is 0 Å². The Bertz CT molecular complexity index is 673. The standard InChI is InChI=1S/C14H18N2O2S3/c17-21(18,15-10-19-11-6-2-1-3-7-11)14-16-12-8-4-5-9-13(12)20-14/h4-5,8-9,11,15H,1-3,6-7,10H2. The maximum atomic E-state index is 12.3. The number of nitrogens with one attached hydrogen (secondary N) is 1. The van der Waals surface area contributed by atoms with Crippen LogP contribution in [0.3, 0.4) is 0 Å². The Balaban J connectivity index is 1.63. The fraction of sp³-hybridized carbons (Fsp3) is 0.500. The maximum Gasteiger partial charge on any atom is 0.268 e. The summed E-state index contributed by atoms with van der Waals surface area (Å²) in [5, 5.41) is 0.594. The van der Waals surface area contributed by atoms with Crippen molar-refractivity contribution in [2.75, 3.05) is 5.88 Å². The van der Waals surface area contributed by atoms with Gasteiger partial charge in [0.2, 0.25) is 4.34 Å². The smallest absolute Gasteiger partial charge is 0.224 e. The van der Waals surface area contributed by atoms with Crippen molar-refractivity contribution in [1.29, 1.82) is 0 Å². The zero-order chi connectivity index (χ0) is 14.7. The summed E-state index contributed by atoms with van der Waals surface area (Å²) in [6.07, 6.45) is 6.25. The molecular formula is C14H18N2O2S3. The molecule has 1 aromatic carbocycles. The molecule has 1 aliphatic rings. The molecule has 7 heteroatoms.